The van der Waals surface area contributed by atoms with Crippen LogP contribution >= 0.6 is 0 Å². The first-order valence-corrected chi connectivity index (χ1v) is 2.47. The van der Waals surface area contributed by atoms with E-state index in [1.807, 2.05) is 0 Å². The van der Waals surface area contributed by atoms with Gasteiger partial charge in [-0.1, -0.05) is 11.5 Å². The van der Waals surface area contributed by atoms with Crippen molar-refractivity contribution in [1.82, 2.24) is 0 Å². The highest BCUT2D eigenvalue weighted by Gasteiger charge is 1.94. The van der Waals surface area contributed by atoms with Crippen molar-refractivity contribution in [3.63, 3.8) is 0 Å². The topological polar surface area (TPSA) is 40.5 Å². The van der Waals surface area contributed by atoms with Gasteiger partial charge in [-0.15, -0.1) is 0 Å². The molecule has 1 aromatic carbocycles. The highest BCUT2D eigenvalue weighted by atomic mass is 16.3. The van der Waals surface area contributed by atoms with Gasteiger partial charge in [0.15, 0.2) is 11.5 Å². The van der Waals surface area contributed by atoms with Crippen LogP contribution in [0.1, 0.15) is 0 Å². The molecule has 44 valence electrons. The van der Waals surface area contributed by atoms with E-state index in [0.717, 1.165) is 0 Å². The summed E-state index contributed by atoms with van der Waals surface area (Å²) < 4.78 is 0. The van der Waals surface area contributed by atoms with Crippen molar-refractivity contribution in [2.24, 2.45) is 0 Å². The molecule has 0 bridgehead atoms. The number of benzene rings is 1. The molecular weight excluding hydrogens is 115 g/mol. The molecule has 9 heavy (non-hydrogen) atoms. The van der Waals surface area contributed by atoms with Gasteiger partial charge in [0.2, 0.25) is 0 Å². The van der Waals surface area contributed by atoms with Gasteiger partial charge in [0.25, 0.3) is 0 Å². The molecule has 2 nitrogen and oxygen atoms in total. The maximum atomic E-state index is 8.77. The molecule has 3 heteroatoms. The lowest BCUT2D eigenvalue weighted by Crippen LogP contribution is -1.98. The molecule has 0 amide bonds. The zero-order valence-corrected chi connectivity index (χ0v) is 4.70. The largest absolute Gasteiger partial charge is 0.504 e. The van der Waals surface area contributed by atoms with Crippen molar-refractivity contribution < 1.29 is 10.2 Å². The predicted molar refractivity (Wildman–Crippen MR) is 35.2 cm³/mol. The molecule has 1 aromatic rings. The van der Waals surface area contributed by atoms with E-state index in [-0.39, 0.29) is 11.5 Å². The van der Waals surface area contributed by atoms with E-state index in [9.17, 15) is 0 Å². The third-order valence-corrected chi connectivity index (χ3v) is 0.999. The van der Waals surface area contributed by atoms with E-state index in [4.69, 9.17) is 18.1 Å². The molecule has 0 unspecified atom stereocenters. The molecule has 0 saturated heterocycles. The summed E-state index contributed by atoms with van der Waals surface area (Å²) in [5.41, 5.74) is 0.435. The summed E-state index contributed by atoms with van der Waals surface area (Å²) in [6.45, 7) is 0. The molecule has 0 atom stereocenters. The Morgan fingerprint density at radius 1 is 1.11 bits per heavy atom. The first kappa shape index (κ1) is 6.01. The van der Waals surface area contributed by atoms with Crippen LogP contribution in [0.3, 0.4) is 0 Å². The lowest BCUT2D eigenvalue weighted by Gasteiger charge is -1.96. The fraction of sp³-hybridized carbons (Fsp3) is 0. The molecule has 0 heterocycles. The standard InChI is InChI=1S/C6H5BO2/c7-4-1-2-5(8)6(9)3-4/h1-3,8-9H. The van der Waals surface area contributed by atoms with E-state index in [1.54, 1.807) is 0 Å². The Morgan fingerprint density at radius 2 is 1.78 bits per heavy atom. The monoisotopic (exact) mass is 120 g/mol. The van der Waals surface area contributed by atoms with E-state index in [1.165, 1.54) is 18.2 Å². The lowest BCUT2D eigenvalue weighted by atomic mass is 9.96. The number of rotatable bonds is 0. The van der Waals surface area contributed by atoms with Crippen LogP contribution in [0.25, 0.3) is 0 Å². The number of hydrogen-bond acceptors (Lipinski definition) is 2. The van der Waals surface area contributed by atoms with Crippen molar-refractivity contribution >= 4 is 13.3 Å². The van der Waals surface area contributed by atoms with Crippen molar-refractivity contribution in [3.8, 4) is 11.5 Å². The Kier molecular flexibility index (Phi) is 1.34. The fourth-order valence-electron chi connectivity index (χ4n) is 0.540. The van der Waals surface area contributed by atoms with Crippen molar-refractivity contribution in [3.05, 3.63) is 18.2 Å². The summed E-state index contributed by atoms with van der Waals surface area (Å²) in [6, 6.07) is 4.13. The van der Waals surface area contributed by atoms with Gasteiger partial charge in [0, 0.05) is 0 Å². The van der Waals surface area contributed by atoms with E-state index in [0.29, 0.717) is 5.46 Å². The second-order valence-electron chi connectivity index (χ2n) is 1.75. The molecule has 0 aromatic heterocycles. The summed E-state index contributed by atoms with van der Waals surface area (Å²) in [5.74, 6) is -0.334. The third kappa shape index (κ3) is 1.16. The highest BCUT2D eigenvalue weighted by Crippen LogP contribution is 2.20. The van der Waals surface area contributed by atoms with Gasteiger partial charge in [-0.25, -0.2) is 0 Å². The highest BCUT2D eigenvalue weighted by molar-refractivity contribution is 6.32. The average molecular weight is 120 g/mol. The molecule has 1 rings (SSSR count). The van der Waals surface area contributed by atoms with Crippen LogP contribution in [-0.4, -0.2) is 18.1 Å². The second-order valence-corrected chi connectivity index (χ2v) is 1.75. The number of phenolic OH excluding ortho intramolecular Hbond substituents is 2. The van der Waals surface area contributed by atoms with Gasteiger partial charge in [-0.3, -0.25) is 0 Å². The molecular formula is C6H5BO2. The summed E-state index contributed by atoms with van der Waals surface area (Å²) in [6.07, 6.45) is 0. The van der Waals surface area contributed by atoms with Gasteiger partial charge in [0.05, 0.1) is 0 Å². The Bertz CT molecular complexity index is 222. The molecule has 0 fully saturated rings. The molecule has 0 aliphatic carbocycles. The van der Waals surface area contributed by atoms with E-state index in [2.05, 4.69) is 0 Å². The minimum absolute atomic E-state index is 0.149. The molecule has 0 aliphatic heterocycles. The lowest BCUT2D eigenvalue weighted by molar-refractivity contribution is 0.404. The summed E-state index contributed by atoms with van der Waals surface area (Å²) in [5, 5.41) is 17.5. The van der Waals surface area contributed by atoms with Crippen LogP contribution < -0.4 is 5.46 Å². The SMILES string of the molecule is [B]c1ccc(O)c(O)c1. The molecule has 0 spiro atoms. The first-order valence-electron chi connectivity index (χ1n) is 2.47. The maximum Gasteiger partial charge on any atom is 0.157 e. The summed E-state index contributed by atoms with van der Waals surface area (Å²) in [7, 11) is 5.26. The second kappa shape index (κ2) is 2.01. The van der Waals surface area contributed by atoms with Crippen LogP contribution in [-0.2, 0) is 0 Å². The van der Waals surface area contributed by atoms with Gasteiger partial charge in [-0.2, -0.15) is 0 Å². The van der Waals surface area contributed by atoms with E-state index < -0.39 is 0 Å². The van der Waals surface area contributed by atoms with Crippen molar-refractivity contribution in [2.75, 3.05) is 0 Å². The number of phenols is 2. The van der Waals surface area contributed by atoms with E-state index >= 15 is 0 Å². The Hall–Kier alpha value is -1.12. The van der Waals surface area contributed by atoms with Crippen LogP contribution in [0.15, 0.2) is 18.2 Å². The minimum atomic E-state index is -0.185. The summed E-state index contributed by atoms with van der Waals surface area (Å²) in [4.78, 5) is 0. The van der Waals surface area contributed by atoms with Gasteiger partial charge < -0.3 is 10.2 Å². The molecule has 0 aliphatic rings. The van der Waals surface area contributed by atoms with Crippen molar-refractivity contribution in [2.45, 2.75) is 0 Å². The molecule has 2 N–H and O–H groups in total. The van der Waals surface area contributed by atoms with Crippen LogP contribution in [0.2, 0.25) is 0 Å². The smallest absolute Gasteiger partial charge is 0.157 e. The number of aromatic hydroxyl groups is 2. The Labute approximate surface area is 54.2 Å². The zero-order chi connectivity index (χ0) is 6.85. The Morgan fingerprint density at radius 3 is 2.22 bits per heavy atom. The Balaban J connectivity index is 3.17. The molecule has 0 saturated carbocycles. The average Bonchev–Trinajstić information content (AvgIpc) is 1.80. The zero-order valence-electron chi connectivity index (χ0n) is 4.70. The van der Waals surface area contributed by atoms with Crippen LogP contribution in [0.5, 0.6) is 11.5 Å². The third-order valence-electron chi connectivity index (χ3n) is 0.999. The van der Waals surface area contributed by atoms with Gasteiger partial charge in [0.1, 0.15) is 7.85 Å². The quantitative estimate of drug-likeness (QED) is 0.370. The van der Waals surface area contributed by atoms with Crippen LogP contribution in [0, 0.1) is 0 Å². The number of hydrogen-bond donors (Lipinski definition) is 2. The van der Waals surface area contributed by atoms with Crippen LogP contribution in [0.4, 0.5) is 0 Å². The van der Waals surface area contributed by atoms with Crippen molar-refractivity contribution in [1.29, 1.82) is 0 Å². The normalized spacial score (nSPS) is 9.33. The minimum Gasteiger partial charge on any atom is -0.504 e. The maximum absolute atomic E-state index is 8.77. The molecule has 2 radical (unpaired) electrons. The fourth-order valence-corrected chi connectivity index (χ4v) is 0.540. The predicted octanol–water partition coefficient (Wildman–Crippen LogP) is -0.108. The van der Waals surface area contributed by atoms with Gasteiger partial charge in [-0.05, 0) is 12.1 Å². The first-order chi connectivity index (χ1) is 4.20. The summed E-state index contributed by atoms with van der Waals surface area (Å²) >= 11 is 0. The van der Waals surface area contributed by atoms with Gasteiger partial charge >= 0.3 is 0 Å².